The van der Waals surface area contributed by atoms with Crippen molar-refractivity contribution in [3.8, 4) is 11.5 Å². The highest BCUT2D eigenvalue weighted by Crippen LogP contribution is 2.45. The molecule has 4 aliphatic heterocycles. The number of benzene rings is 2. The standard InChI is InChI=1S/C40H54N2O8.2BrH/c1-27(43)47-35-17-9-29(10-18-35)25-41(3)31-13-14-32(41)22-37(21-31)49-39(45)7-5-6-8-40(46)50-38-23-33-15-16-34(24-38)42(33,4)26-30-11-19-36(20-12-30)48-28(2)44;;/h9-12,17-20,31-34,37-38H,5-8,13-16,21-26H2,1-4H3;2*1H/q+2;;/p-2. The summed E-state index contributed by atoms with van der Waals surface area (Å²) in [4.78, 5) is 48.1. The number of hydrogen-bond acceptors (Lipinski definition) is 8. The lowest BCUT2D eigenvalue weighted by Gasteiger charge is -2.47. The number of piperidine rings is 2. The van der Waals surface area contributed by atoms with Gasteiger partial charge in [-0.15, -0.1) is 0 Å². The van der Waals surface area contributed by atoms with Crippen molar-refractivity contribution in [3.05, 3.63) is 59.7 Å². The first-order valence-corrected chi connectivity index (χ1v) is 18.5. The largest absolute Gasteiger partial charge is 1.00 e. The SMILES string of the molecule is CC(=O)Oc1ccc(C[N+]2(C)C3CCC2CC(OC(=O)CCCCC(=O)OC2CC4CCC(C2)[N+]4(C)Cc2ccc(OC(C)=O)cc2)C3)cc1.[Br-].[Br-]. The van der Waals surface area contributed by atoms with Crippen LogP contribution >= 0.6 is 0 Å². The molecule has 0 amide bonds. The predicted octanol–water partition coefficient (Wildman–Crippen LogP) is 0.172. The maximum atomic E-state index is 12.8. The third-order valence-corrected chi connectivity index (χ3v) is 12.2. The summed E-state index contributed by atoms with van der Waals surface area (Å²) in [6.45, 7) is 4.62. The van der Waals surface area contributed by atoms with Crippen LogP contribution in [0.15, 0.2) is 48.5 Å². The first-order chi connectivity index (χ1) is 23.9. The van der Waals surface area contributed by atoms with Crippen molar-refractivity contribution in [1.29, 1.82) is 0 Å². The zero-order chi connectivity index (χ0) is 35.5. The van der Waals surface area contributed by atoms with Crippen molar-refractivity contribution in [1.82, 2.24) is 0 Å². The summed E-state index contributed by atoms with van der Waals surface area (Å²) in [6, 6.07) is 17.3. The van der Waals surface area contributed by atoms with Gasteiger partial charge in [0.1, 0.15) is 36.8 Å². The summed E-state index contributed by atoms with van der Waals surface area (Å²) >= 11 is 0. The average Bonchev–Trinajstić information content (AvgIpc) is 3.29. The normalized spacial score (nSPS) is 29.9. The van der Waals surface area contributed by atoms with Crippen LogP contribution in [-0.2, 0) is 41.7 Å². The molecule has 12 heteroatoms. The molecule has 0 aliphatic carbocycles. The van der Waals surface area contributed by atoms with Crippen molar-refractivity contribution < 1.29 is 81.1 Å². The molecule has 4 bridgehead atoms. The van der Waals surface area contributed by atoms with Crippen LogP contribution < -0.4 is 43.4 Å². The Balaban J connectivity index is 0.00000302. The molecule has 6 rings (SSSR count). The van der Waals surface area contributed by atoms with Gasteiger partial charge in [-0.05, 0) is 61.4 Å². The van der Waals surface area contributed by atoms with Crippen LogP contribution in [0.3, 0.4) is 0 Å². The zero-order valence-corrected chi connectivity index (χ0v) is 34.1. The second-order valence-electron chi connectivity index (χ2n) is 15.6. The molecule has 2 aromatic carbocycles. The second-order valence-corrected chi connectivity index (χ2v) is 15.6. The molecule has 0 spiro atoms. The van der Waals surface area contributed by atoms with Crippen molar-refractivity contribution in [2.45, 2.75) is 140 Å². The van der Waals surface area contributed by atoms with Crippen LogP contribution in [-0.4, -0.2) is 83.3 Å². The van der Waals surface area contributed by atoms with Gasteiger partial charge in [0, 0.05) is 89.2 Å². The fourth-order valence-corrected chi connectivity index (χ4v) is 9.57. The van der Waals surface area contributed by atoms with Gasteiger partial charge in [0.05, 0.1) is 38.3 Å². The van der Waals surface area contributed by atoms with E-state index in [1.807, 2.05) is 48.5 Å². The summed E-state index contributed by atoms with van der Waals surface area (Å²) in [5, 5.41) is 0. The topological polar surface area (TPSA) is 105 Å². The molecule has 4 atom stereocenters. The Morgan fingerprint density at radius 2 is 0.865 bits per heavy atom. The number of esters is 4. The summed E-state index contributed by atoms with van der Waals surface area (Å²) in [7, 11) is 4.65. The van der Waals surface area contributed by atoms with E-state index in [2.05, 4.69) is 14.1 Å². The first-order valence-electron chi connectivity index (χ1n) is 18.5. The number of carbonyl (C=O) groups is 4. The highest BCUT2D eigenvalue weighted by Gasteiger charge is 2.53. The molecule has 4 aliphatic rings. The van der Waals surface area contributed by atoms with Gasteiger partial charge in [-0.2, -0.15) is 0 Å². The van der Waals surface area contributed by atoms with Gasteiger partial charge >= 0.3 is 23.9 Å². The molecule has 4 fully saturated rings. The number of ether oxygens (including phenoxy) is 4. The number of rotatable bonds is 13. The molecule has 4 saturated heterocycles. The minimum atomic E-state index is -0.320. The number of hydrogen-bond donors (Lipinski definition) is 0. The molecule has 2 aromatic rings. The molecular weight excluding hydrogens is 796 g/mol. The van der Waals surface area contributed by atoms with Crippen LogP contribution in [0.2, 0.25) is 0 Å². The minimum absolute atomic E-state index is 0. The Hall–Kier alpha value is -2.80. The predicted molar refractivity (Wildman–Crippen MR) is 186 cm³/mol. The first kappa shape index (κ1) is 41.9. The van der Waals surface area contributed by atoms with E-state index in [1.165, 1.54) is 25.0 Å². The van der Waals surface area contributed by atoms with Gasteiger partial charge in [0.25, 0.3) is 0 Å². The number of unbranched alkanes of at least 4 members (excludes halogenated alkanes) is 1. The van der Waals surface area contributed by atoms with E-state index < -0.39 is 0 Å². The minimum Gasteiger partial charge on any atom is -1.00 e. The zero-order valence-electron chi connectivity index (χ0n) is 30.9. The van der Waals surface area contributed by atoms with Gasteiger partial charge < -0.3 is 61.9 Å². The smallest absolute Gasteiger partial charge is 0.308 e. The number of carbonyl (C=O) groups excluding carboxylic acids is 4. The maximum absolute atomic E-state index is 12.8. The van der Waals surface area contributed by atoms with Crippen LogP contribution in [0.4, 0.5) is 0 Å². The van der Waals surface area contributed by atoms with Crippen molar-refractivity contribution in [2.24, 2.45) is 0 Å². The van der Waals surface area contributed by atoms with Crippen molar-refractivity contribution >= 4 is 23.9 Å². The molecule has 0 aromatic heterocycles. The van der Waals surface area contributed by atoms with Gasteiger partial charge in [0.2, 0.25) is 0 Å². The summed E-state index contributed by atoms with van der Waals surface area (Å²) in [5.74, 6) is 0.154. The quantitative estimate of drug-likeness (QED) is 0.122. The molecule has 4 unspecified atom stereocenters. The Morgan fingerprint density at radius 1 is 0.558 bits per heavy atom. The summed E-state index contributed by atoms with van der Waals surface area (Å²) < 4.78 is 24.2. The van der Waals surface area contributed by atoms with Gasteiger partial charge in [0.15, 0.2) is 0 Å². The van der Waals surface area contributed by atoms with Gasteiger partial charge in [-0.3, -0.25) is 19.2 Å². The monoisotopic (exact) mass is 848 g/mol. The van der Waals surface area contributed by atoms with Crippen molar-refractivity contribution in [3.63, 3.8) is 0 Å². The molecule has 10 nitrogen and oxygen atoms in total. The van der Waals surface area contributed by atoms with Crippen LogP contribution in [0.1, 0.15) is 102 Å². The van der Waals surface area contributed by atoms with E-state index in [0.717, 1.165) is 73.4 Å². The molecule has 4 heterocycles. The summed E-state index contributed by atoms with van der Waals surface area (Å²) in [6.07, 6.45) is 9.83. The molecule has 0 radical (unpaired) electrons. The van der Waals surface area contributed by atoms with Crippen molar-refractivity contribution in [2.75, 3.05) is 14.1 Å². The van der Waals surface area contributed by atoms with E-state index in [4.69, 9.17) is 18.9 Å². The number of quaternary nitrogens is 2. The van der Waals surface area contributed by atoms with Gasteiger partial charge in [-0.25, -0.2) is 0 Å². The Kier molecular flexibility index (Phi) is 14.5. The van der Waals surface area contributed by atoms with Crippen LogP contribution in [0.5, 0.6) is 11.5 Å². The third kappa shape index (κ3) is 10.0. The average molecular weight is 851 g/mol. The van der Waals surface area contributed by atoms with E-state index in [9.17, 15) is 19.2 Å². The highest BCUT2D eigenvalue weighted by atomic mass is 79.9. The lowest BCUT2D eigenvalue weighted by molar-refractivity contribution is -0.961. The van der Waals surface area contributed by atoms with Gasteiger partial charge in [-0.1, -0.05) is 0 Å². The Bertz CT molecular complexity index is 1410. The number of nitrogens with zero attached hydrogens (tertiary/aromatic N) is 2. The molecule has 0 N–H and O–H groups in total. The van der Waals surface area contributed by atoms with Crippen LogP contribution in [0, 0.1) is 0 Å². The number of fused-ring (bicyclic) bond motifs is 4. The lowest BCUT2D eigenvalue weighted by Crippen LogP contribution is -3.00. The highest BCUT2D eigenvalue weighted by molar-refractivity contribution is 5.71. The fourth-order valence-electron chi connectivity index (χ4n) is 9.57. The molecular formula is C40H54Br2N2O8. The lowest BCUT2D eigenvalue weighted by atomic mass is 9.95. The third-order valence-electron chi connectivity index (χ3n) is 12.2. The van der Waals surface area contributed by atoms with E-state index in [0.29, 0.717) is 61.3 Å². The molecule has 286 valence electrons. The summed E-state index contributed by atoms with van der Waals surface area (Å²) in [5.41, 5.74) is 2.42. The van der Waals surface area contributed by atoms with Crippen LogP contribution in [0.25, 0.3) is 0 Å². The number of halogens is 2. The van der Waals surface area contributed by atoms with E-state index in [-0.39, 0.29) is 70.0 Å². The molecule has 0 saturated carbocycles. The van der Waals surface area contributed by atoms with E-state index in [1.54, 1.807) is 0 Å². The Labute approximate surface area is 329 Å². The second kappa shape index (κ2) is 18.0. The molecule has 52 heavy (non-hydrogen) atoms. The Morgan fingerprint density at radius 3 is 1.15 bits per heavy atom. The maximum Gasteiger partial charge on any atom is 0.308 e. The fraction of sp³-hybridized carbons (Fsp3) is 0.600. The van der Waals surface area contributed by atoms with E-state index >= 15 is 0 Å².